The van der Waals surface area contributed by atoms with Gasteiger partial charge in [-0.25, -0.2) is 0 Å². The number of hydrogen-bond donors (Lipinski definition) is 1. The molecule has 0 spiro atoms. The lowest BCUT2D eigenvalue weighted by Gasteiger charge is -2.27. The van der Waals surface area contributed by atoms with Crippen molar-refractivity contribution in [3.8, 4) is 6.07 Å². The predicted molar refractivity (Wildman–Crippen MR) is 60.0 cm³/mol. The lowest BCUT2D eigenvalue weighted by atomic mass is 9.92. The summed E-state index contributed by atoms with van der Waals surface area (Å²) in [7, 11) is 0. The highest BCUT2D eigenvalue weighted by atomic mass is 16.5. The second-order valence-corrected chi connectivity index (χ2v) is 4.68. The maximum Gasteiger partial charge on any atom is 0.109 e. The van der Waals surface area contributed by atoms with Crippen molar-refractivity contribution in [3.63, 3.8) is 0 Å². The highest BCUT2D eigenvalue weighted by molar-refractivity contribution is 5.07. The quantitative estimate of drug-likeness (QED) is 0.783. The zero-order valence-electron chi connectivity index (χ0n) is 9.71. The van der Waals surface area contributed by atoms with Gasteiger partial charge in [0.05, 0.1) is 12.2 Å². The Bertz CT molecular complexity index is 248. The fourth-order valence-electron chi connectivity index (χ4n) is 2.39. The van der Waals surface area contributed by atoms with Gasteiger partial charge in [-0.2, -0.15) is 5.26 Å². The van der Waals surface area contributed by atoms with Crippen LogP contribution in [-0.2, 0) is 9.47 Å². The van der Waals surface area contributed by atoms with Crippen LogP contribution in [0.15, 0.2) is 0 Å². The van der Waals surface area contributed by atoms with Crippen LogP contribution in [0.4, 0.5) is 0 Å². The van der Waals surface area contributed by atoms with E-state index >= 15 is 0 Å². The summed E-state index contributed by atoms with van der Waals surface area (Å²) in [5.41, 5.74) is -0.386. The van der Waals surface area contributed by atoms with Gasteiger partial charge in [0.25, 0.3) is 0 Å². The van der Waals surface area contributed by atoms with Gasteiger partial charge >= 0.3 is 0 Å². The first-order valence-corrected chi connectivity index (χ1v) is 6.20. The zero-order chi connectivity index (χ0) is 11.3. The molecule has 0 saturated carbocycles. The lowest BCUT2D eigenvalue weighted by Crippen LogP contribution is -2.47. The first-order valence-electron chi connectivity index (χ1n) is 6.20. The Morgan fingerprint density at radius 2 is 2.19 bits per heavy atom. The van der Waals surface area contributed by atoms with E-state index in [0.29, 0.717) is 12.7 Å². The number of nitriles is 1. The summed E-state index contributed by atoms with van der Waals surface area (Å²) in [6.07, 6.45) is 5.20. The van der Waals surface area contributed by atoms with E-state index in [0.717, 1.165) is 51.9 Å². The van der Waals surface area contributed by atoms with Gasteiger partial charge in [0.1, 0.15) is 5.54 Å². The molecule has 4 nitrogen and oxygen atoms in total. The lowest BCUT2D eigenvalue weighted by molar-refractivity contribution is 0.101. The third-order valence-electron chi connectivity index (χ3n) is 3.47. The van der Waals surface area contributed by atoms with Crippen LogP contribution < -0.4 is 5.32 Å². The van der Waals surface area contributed by atoms with Crippen molar-refractivity contribution < 1.29 is 9.47 Å². The highest BCUT2D eigenvalue weighted by Crippen LogP contribution is 2.21. The van der Waals surface area contributed by atoms with Gasteiger partial charge in [0, 0.05) is 32.8 Å². The van der Waals surface area contributed by atoms with Crippen LogP contribution in [0.25, 0.3) is 0 Å². The number of nitrogens with one attached hydrogen (secondary N) is 1. The minimum atomic E-state index is -0.386. The molecule has 2 atom stereocenters. The first kappa shape index (κ1) is 11.8. The molecule has 2 heterocycles. The van der Waals surface area contributed by atoms with Crippen molar-refractivity contribution >= 4 is 0 Å². The van der Waals surface area contributed by atoms with Gasteiger partial charge in [0.2, 0.25) is 0 Å². The van der Waals surface area contributed by atoms with E-state index < -0.39 is 0 Å². The smallest absolute Gasteiger partial charge is 0.109 e. The van der Waals surface area contributed by atoms with Gasteiger partial charge in [-0.05, 0) is 25.7 Å². The van der Waals surface area contributed by atoms with E-state index in [2.05, 4.69) is 11.4 Å². The molecule has 0 radical (unpaired) electrons. The topological polar surface area (TPSA) is 54.3 Å². The summed E-state index contributed by atoms with van der Waals surface area (Å²) >= 11 is 0. The summed E-state index contributed by atoms with van der Waals surface area (Å²) in [5.74, 6) is 0. The van der Waals surface area contributed by atoms with Crippen LogP contribution in [0.3, 0.4) is 0 Å². The van der Waals surface area contributed by atoms with Crippen LogP contribution in [-0.4, -0.2) is 38.0 Å². The molecule has 0 aromatic carbocycles. The molecule has 2 aliphatic heterocycles. The van der Waals surface area contributed by atoms with E-state index in [1.807, 2.05) is 0 Å². The molecule has 0 amide bonds. The first-order chi connectivity index (χ1) is 7.85. The normalized spacial score (nSPS) is 35.6. The molecule has 16 heavy (non-hydrogen) atoms. The van der Waals surface area contributed by atoms with Crippen molar-refractivity contribution in [1.82, 2.24) is 5.32 Å². The molecule has 2 saturated heterocycles. The maximum atomic E-state index is 9.33. The number of nitrogens with zero attached hydrogens (tertiary/aromatic N) is 1. The van der Waals surface area contributed by atoms with E-state index in [4.69, 9.17) is 9.47 Å². The van der Waals surface area contributed by atoms with Gasteiger partial charge in [-0.1, -0.05) is 0 Å². The van der Waals surface area contributed by atoms with Gasteiger partial charge < -0.3 is 9.47 Å². The van der Waals surface area contributed by atoms with Gasteiger partial charge in [-0.15, -0.1) is 0 Å². The van der Waals surface area contributed by atoms with Crippen molar-refractivity contribution in [1.29, 1.82) is 5.26 Å². The van der Waals surface area contributed by atoms with Crippen molar-refractivity contribution in [2.75, 3.05) is 26.4 Å². The molecular weight excluding hydrogens is 204 g/mol. The average Bonchev–Trinajstić information content (AvgIpc) is 2.72. The zero-order valence-corrected chi connectivity index (χ0v) is 9.71. The van der Waals surface area contributed by atoms with Crippen LogP contribution in [0, 0.1) is 11.3 Å². The molecule has 0 aliphatic carbocycles. The van der Waals surface area contributed by atoms with Gasteiger partial charge in [0.15, 0.2) is 0 Å². The largest absolute Gasteiger partial charge is 0.381 e. The Morgan fingerprint density at radius 1 is 1.25 bits per heavy atom. The molecule has 90 valence electrons. The summed E-state index contributed by atoms with van der Waals surface area (Å²) in [6.45, 7) is 3.14. The van der Waals surface area contributed by atoms with Crippen LogP contribution in [0.2, 0.25) is 0 Å². The Hall–Kier alpha value is -0.630. The summed E-state index contributed by atoms with van der Waals surface area (Å²) in [6, 6.07) is 2.43. The number of ether oxygens (including phenoxy) is 2. The maximum absolute atomic E-state index is 9.33. The molecule has 2 unspecified atom stereocenters. The molecule has 1 N–H and O–H groups in total. The molecular formula is C12H20N2O2. The van der Waals surface area contributed by atoms with E-state index in [1.165, 1.54) is 0 Å². The third-order valence-corrected chi connectivity index (χ3v) is 3.47. The second kappa shape index (κ2) is 5.62. The molecule has 2 fully saturated rings. The van der Waals surface area contributed by atoms with Crippen LogP contribution in [0.5, 0.6) is 0 Å². The molecule has 0 aromatic rings. The molecule has 0 bridgehead atoms. The molecule has 2 aliphatic rings. The predicted octanol–water partition coefficient (Wildman–Crippen LogP) is 1.22. The minimum absolute atomic E-state index is 0.300. The Balaban J connectivity index is 1.85. The standard InChI is InChI=1S/C12H20N2O2/c13-10-12(4-2-6-15-8-5-12)14-9-11-3-1-7-16-11/h11,14H,1-9H2. The minimum Gasteiger partial charge on any atom is -0.381 e. The Labute approximate surface area is 96.9 Å². The fraction of sp³-hybridized carbons (Fsp3) is 0.917. The molecule has 0 aromatic heterocycles. The number of hydrogen-bond acceptors (Lipinski definition) is 4. The monoisotopic (exact) mass is 224 g/mol. The summed E-state index contributed by atoms with van der Waals surface area (Å²) < 4.78 is 11.0. The highest BCUT2D eigenvalue weighted by Gasteiger charge is 2.31. The average molecular weight is 224 g/mol. The van der Waals surface area contributed by atoms with E-state index in [1.54, 1.807) is 0 Å². The Kier molecular flexibility index (Phi) is 4.16. The van der Waals surface area contributed by atoms with E-state index in [9.17, 15) is 5.26 Å². The third kappa shape index (κ3) is 2.94. The Morgan fingerprint density at radius 3 is 2.94 bits per heavy atom. The van der Waals surface area contributed by atoms with Crippen LogP contribution >= 0.6 is 0 Å². The van der Waals surface area contributed by atoms with Crippen molar-refractivity contribution in [2.24, 2.45) is 0 Å². The summed E-state index contributed by atoms with van der Waals surface area (Å²) in [4.78, 5) is 0. The van der Waals surface area contributed by atoms with Crippen molar-refractivity contribution in [2.45, 2.75) is 43.7 Å². The van der Waals surface area contributed by atoms with E-state index in [-0.39, 0.29) is 5.54 Å². The summed E-state index contributed by atoms with van der Waals surface area (Å²) in [5, 5.41) is 12.7. The second-order valence-electron chi connectivity index (χ2n) is 4.68. The molecule has 4 heteroatoms. The number of rotatable bonds is 3. The van der Waals surface area contributed by atoms with Crippen molar-refractivity contribution in [3.05, 3.63) is 0 Å². The van der Waals surface area contributed by atoms with Gasteiger partial charge in [-0.3, -0.25) is 5.32 Å². The molecule has 2 rings (SSSR count). The van der Waals surface area contributed by atoms with Crippen LogP contribution in [0.1, 0.15) is 32.1 Å². The fourth-order valence-corrected chi connectivity index (χ4v) is 2.39. The SMILES string of the molecule is N#CC1(NCC2CCCO2)CCCOCC1.